The summed E-state index contributed by atoms with van der Waals surface area (Å²) in [5.41, 5.74) is 4.84. The number of hydrogen-bond donors (Lipinski definition) is 3. The fourth-order valence-electron chi connectivity index (χ4n) is 2.31. The van der Waals surface area contributed by atoms with E-state index in [1.807, 2.05) is 6.92 Å². The molecule has 3 amide bonds. The fourth-order valence-corrected chi connectivity index (χ4v) is 2.31. The minimum absolute atomic E-state index is 0.0986. The summed E-state index contributed by atoms with van der Waals surface area (Å²) in [6.07, 6.45) is 4.48. The third-order valence-corrected chi connectivity index (χ3v) is 3.79. The van der Waals surface area contributed by atoms with Crippen LogP contribution in [0.1, 0.15) is 53.4 Å². The minimum Gasteiger partial charge on any atom is -0.480 e. The van der Waals surface area contributed by atoms with Crippen LogP contribution in [0.5, 0.6) is 0 Å². The number of aliphatic carboxylic acids is 2. The zero-order valence-corrected chi connectivity index (χ0v) is 16.6. The van der Waals surface area contributed by atoms with Gasteiger partial charge < -0.3 is 15.9 Å². The van der Waals surface area contributed by atoms with Gasteiger partial charge >= 0.3 is 11.9 Å². The van der Waals surface area contributed by atoms with Crippen LogP contribution in [-0.4, -0.2) is 62.0 Å². The molecule has 1 heterocycles. The van der Waals surface area contributed by atoms with Crippen molar-refractivity contribution in [1.29, 1.82) is 0 Å². The number of carboxylic acid groups (broad SMARTS) is 2. The Hall–Kier alpha value is -2.75. The van der Waals surface area contributed by atoms with Crippen LogP contribution < -0.4 is 5.73 Å². The highest BCUT2D eigenvalue weighted by Crippen LogP contribution is 2.20. The van der Waals surface area contributed by atoms with Crippen molar-refractivity contribution in [3.63, 3.8) is 0 Å². The van der Waals surface area contributed by atoms with Crippen molar-refractivity contribution in [1.82, 2.24) is 10.0 Å². The second-order valence-corrected chi connectivity index (χ2v) is 6.67. The molecule has 0 aromatic rings. The summed E-state index contributed by atoms with van der Waals surface area (Å²) in [5.74, 6) is -4.57. The van der Waals surface area contributed by atoms with E-state index in [2.05, 4.69) is 0 Å². The largest absolute Gasteiger partial charge is 0.480 e. The summed E-state index contributed by atoms with van der Waals surface area (Å²) in [4.78, 5) is 57.2. The van der Waals surface area contributed by atoms with Gasteiger partial charge in [-0.3, -0.25) is 19.2 Å². The van der Waals surface area contributed by atoms with Gasteiger partial charge in [-0.2, -0.15) is 5.01 Å². The molecule has 0 aliphatic carbocycles. The number of carbonyl (C=O) groups excluding carboxylic acids is 3. The monoisotopic (exact) mass is 399 g/mol. The van der Waals surface area contributed by atoms with E-state index in [9.17, 15) is 29.1 Å². The molecular weight excluding hydrogens is 370 g/mol. The van der Waals surface area contributed by atoms with Gasteiger partial charge in [0.1, 0.15) is 6.04 Å². The van der Waals surface area contributed by atoms with Crippen molar-refractivity contribution in [2.75, 3.05) is 0 Å². The fraction of sp³-hybridized carbons (Fsp3) is 0.611. The molecule has 0 spiro atoms. The first-order valence-electron chi connectivity index (χ1n) is 9.04. The summed E-state index contributed by atoms with van der Waals surface area (Å²) in [6.45, 7) is 6.66. The van der Waals surface area contributed by atoms with Crippen molar-refractivity contribution in [3.8, 4) is 0 Å². The maximum atomic E-state index is 12.4. The molecule has 28 heavy (non-hydrogen) atoms. The molecule has 0 saturated heterocycles. The smallest absolute Gasteiger partial charge is 0.328 e. The average molecular weight is 399 g/mol. The molecule has 158 valence electrons. The predicted molar refractivity (Wildman–Crippen MR) is 99.5 cm³/mol. The molecule has 0 fully saturated rings. The van der Waals surface area contributed by atoms with Crippen molar-refractivity contribution < 1.29 is 34.2 Å². The molecule has 1 rings (SSSR count). The van der Waals surface area contributed by atoms with Crippen molar-refractivity contribution in [3.05, 3.63) is 12.2 Å². The van der Waals surface area contributed by atoms with Gasteiger partial charge in [0.05, 0.1) is 0 Å². The van der Waals surface area contributed by atoms with Crippen molar-refractivity contribution >= 4 is 29.7 Å². The molecule has 10 heteroatoms. The normalized spacial score (nSPS) is 15.1. The lowest BCUT2D eigenvalue weighted by Crippen LogP contribution is -2.58. The van der Waals surface area contributed by atoms with Crippen LogP contribution in [-0.2, 0) is 24.0 Å². The first-order valence-corrected chi connectivity index (χ1v) is 9.04. The second kappa shape index (κ2) is 11.9. The van der Waals surface area contributed by atoms with Crippen molar-refractivity contribution in [2.45, 2.75) is 65.5 Å². The van der Waals surface area contributed by atoms with E-state index < -0.39 is 47.7 Å². The zero-order chi connectivity index (χ0) is 22.0. The van der Waals surface area contributed by atoms with Crippen LogP contribution in [0.15, 0.2) is 12.2 Å². The number of nitrogens with two attached hydrogens (primary N) is 1. The maximum Gasteiger partial charge on any atom is 0.328 e. The molecule has 1 aliphatic heterocycles. The van der Waals surface area contributed by atoms with Gasteiger partial charge in [0.15, 0.2) is 6.04 Å². The topological polar surface area (TPSA) is 158 Å². The summed E-state index contributed by atoms with van der Waals surface area (Å²) in [6, 6.07) is -1.99. The molecule has 0 radical (unpaired) electrons. The number of carboxylic acids is 2. The van der Waals surface area contributed by atoms with E-state index >= 15 is 0 Å². The molecule has 0 aromatic carbocycles. The quantitative estimate of drug-likeness (QED) is 0.379. The Morgan fingerprint density at radius 1 is 1.04 bits per heavy atom. The third-order valence-electron chi connectivity index (χ3n) is 3.79. The molecule has 0 bridgehead atoms. The Balaban J connectivity index is 0.00000105. The first-order chi connectivity index (χ1) is 12.9. The van der Waals surface area contributed by atoms with Gasteiger partial charge in [-0.05, 0) is 19.3 Å². The lowest BCUT2D eigenvalue weighted by molar-refractivity contribution is -0.179. The number of amides is 3. The molecule has 0 saturated carbocycles. The lowest BCUT2D eigenvalue weighted by atomic mass is 10.0. The summed E-state index contributed by atoms with van der Waals surface area (Å²) in [7, 11) is 0. The number of carbonyl (C=O) groups is 5. The Morgan fingerprint density at radius 2 is 1.50 bits per heavy atom. The second-order valence-electron chi connectivity index (χ2n) is 6.67. The Labute approximate surface area is 163 Å². The number of hydrazine groups is 1. The van der Waals surface area contributed by atoms with Crippen molar-refractivity contribution in [2.24, 2.45) is 11.7 Å². The SMILES string of the molecule is CC(N)C(=O)O.CCCCCC(=O)N(C(C(=O)O)C(C)C)N1C(=O)C=CC1=O. The molecular formula is C18H29N3O7. The number of rotatable bonds is 9. The molecule has 0 aromatic heterocycles. The van der Waals surface area contributed by atoms with Crippen LogP contribution in [0.4, 0.5) is 0 Å². The highest BCUT2D eigenvalue weighted by Gasteiger charge is 2.41. The van der Waals surface area contributed by atoms with Crippen LogP contribution in [0.25, 0.3) is 0 Å². The molecule has 2 atom stereocenters. The maximum absolute atomic E-state index is 12.4. The predicted octanol–water partition coefficient (Wildman–Crippen LogP) is 0.763. The summed E-state index contributed by atoms with van der Waals surface area (Å²) >= 11 is 0. The van der Waals surface area contributed by atoms with E-state index in [-0.39, 0.29) is 6.42 Å². The lowest BCUT2D eigenvalue weighted by Gasteiger charge is -2.36. The Morgan fingerprint density at radius 3 is 1.82 bits per heavy atom. The number of imide groups is 1. The van der Waals surface area contributed by atoms with Crippen LogP contribution in [0.3, 0.4) is 0 Å². The average Bonchev–Trinajstić information content (AvgIpc) is 2.91. The summed E-state index contributed by atoms with van der Waals surface area (Å²) in [5, 5.41) is 18.7. The Kier molecular flexibility index (Phi) is 10.7. The number of unbranched alkanes of at least 4 members (excludes halogenated alkanes) is 2. The van der Waals surface area contributed by atoms with E-state index in [4.69, 9.17) is 10.8 Å². The highest BCUT2D eigenvalue weighted by atomic mass is 16.4. The standard InChI is InChI=1S/C15H22N2O5.C3H7NO2/c1-4-5-6-7-11(18)17(14(10(2)3)15(21)22)16-12(19)8-9-13(16)20;1-2(4)3(5)6/h8-10,14H,4-7H2,1-3H3,(H,21,22);2H,4H2,1H3,(H,5,6). The van der Waals surface area contributed by atoms with E-state index in [0.717, 1.165) is 30.0 Å². The zero-order valence-electron chi connectivity index (χ0n) is 16.6. The molecule has 4 N–H and O–H groups in total. The number of hydrogen-bond acceptors (Lipinski definition) is 6. The van der Waals surface area contributed by atoms with E-state index in [0.29, 0.717) is 11.4 Å². The molecule has 10 nitrogen and oxygen atoms in total. The van der Waals surface area contributed by atoms with E-state index in [1.165, 1.54) is 6.92 Å². The van der Waals surface area contributed by atoms with Crippen LogP contribution >= 0.6 is 0 Å². The Bertz CT molecular complexity index is 611. The van der Waals surface area contributed by atoms with Gasteiger partial charge in [-0.1, -0.05) is 33.6 Å². The van der Waals surface area contributed by atoms with Gasteiger partial charge in [0.25, 0.3) is 11.8 Å². The van der Waals surface area contributed by atoms with E-state index in [1.54, 1.807) is 13.8 Å². The van der Waals surface area contributed by atoms with Gasteiger partial charge in [-0.15, -0.1) is 0 Å². The molecule has 1 aliphatic rings. The van der Waals surface area contributed by atoms with Gasteiger partial charge in [0.2, 0.25) is 5.91 Å². The first kappa shape index (κ1) is 25.2. The summed E-state index contributed by atoms with van der Waals surface area (Å²) < 4.78 is 0. The van der Waals surface area contributed by atoms with Gasteiger partial charge in [0, 0.05) is 18.6 Å². The minimum atomic E-state index is -1.26. The van der Waals surface area contributed by atoms with Gasteiger partial charge in [-0.25, -0.2) is 9.80 Å². The third kappa shape index (κ3) is 7.47. The van der Waals surface area contributed by atoms with Crippen LogP contribution in [0.2, 0.25) is 0 Å². The molecule has 2 unspecified atom stereocenters. The number of nitrogens with zero attached hydrogens (tertiary/aromatic N) is 2. The highest BCUT2D eigenvalue weighted by molar-refractivity contribution is 6.13. The van der Waals surface area contributed by atoms with Crippen LogP contribution in [0, 0.1) is 5.92 Å².